The first-order valence-electron chi connectivity index (χ1n) is 5.94. The van der Waals surface area contributed by atoms with Gasteiger partial charge in [0.25, 0.3) is 0 Å². The van der Waals surface area contributed by atoms with Crippen molar-refractivity contribution in [2.45, 2.75) is 20.5 Å². The molecule has 2 aromatic rings. The second-order valence-corrected chi connectivity index (χ2v) is 5.28. The first kappa shape index (κ1) is 14.9. The molecular weight excluding hydrogens is 296 g/mol. The van der Waals surface area contributed by atoms with Gasteiger partial charge in [-0.2, -0.15) is 0 Å². The molecule has 0 unspecified atom stereocenters. The Kier molecular flexibility index (Phi) is 4.18. The van der Waals surface area contributed by atoms with E-state index in [9.17, 15) is 14.9 Å². The van der Waals surface area contributed by atoms with Crippen LogP contribution in [0.3, 0.4) is 0 Å². The summed E-state index contributed by atoms with van der Waals surface area (Å²) in [6, 6.07) is 3.22. The zero-order valence-corrected chi connectivity index (χ0v) is 12.1. The first-order chi connectivity index (χ1) is 9.88. The minimum atomic E-state index is -1.11. The number of carbonyl (C=O) groups is 1. The van der Waals surface area contributed by atoms with Crippen LogP contribution in [0.1, 0.15) is 26.6 Å². The molecule has 0 aliphatic heterocycles. The van der Waals surface area contributed by atoms with Gasteiger partial charge >= 0.3 is 11.7 Å². The number of nitro groups is 1. The summed E-state index contributed by atoms with van der Waals surface area (Å²) >= 11 is 0.985. The molecule has 1 aromatic carbocycles. The number of hydrogen-bond acceptors (Lipinski definition) is 6. The average Bonchev–Trinajstić information content (AvgIpc) is 2.85. The highest BCUT2D eigenvalue weighted by molar-refractivity contribution is 7.11. The summed E-state index contributed by atoms with van der Waals surface area (Å²) in [5, 5.41) is 21.4. The van der Waals surface area contributed by atoms with E-state index in [-0.39, 0.29) is 23.1 Å². The van der Waals surface area contributed by atoms with Crippen molar-refractivity contribution in [3.63, 3.8) is 0 Å². The quantitative estimate of drug-likeness (QED) is 0.673. The molecule has 0 atom stereocenters. The summed E-state index contributed by atoms with van der Waals surface area (Å²) in [6.07, 6.45) is 0. The number of aryl methyl sites for hydroxylation is 2. The fourth-order valence-corrected chi connectivity index (χ4v) is 2.51. The fraction of sp³-hybridized carbons (Fsp3) is 0.231. The molecule has 21 heavy (non-hydrogen) atoms. The Morgan fingerprint density at radius 2 is 2.19 bits per heavy atom. The summed E-state index contributed by atoms with van der Waals surface area (Å²) in [5.41, 5.74) is 1.73. The Hall–Kier alpha value is -2.48. The Labute approximate surface area is 124 Å². The van der Waals surface area contributed by atoms with Gasteiger partial charge in [0.1, 0.15) is 6.61 Å². The van der Waals surface area contributed by atoms with Gasteiger partial charge in [0.05, 0.1) is 10.6 Å². The molecule has 0 aliphatic carbocycles. The minimum absolute atomic E-state index is 0.0193. The Morgan fingerprint density at radius 1 is 1.48 bits per heavy atom. The predicted octanol–water partition coefficient (Wildman–Crippen LogP) is 2.95. The number of benzene rings is 1. The monoisotopic (exact) mass is 308 g/mol. The van der Waals surface area contributed by atoms with Crippen LogP contribution in [0.25, 0.3) is 0 Å². The van der Waals surface area contributed by atoms with E-state index >= 15 is 0 Å². The normalized spacial score (nSPS) is 10.4. The van der Waals surface area contributed by atoms with Gasteiger partial charge in [0.2, 0.25) is 5.01 Å². The lowest BCUT2D eigenvalue weighted by Crippen LogP contribution is -2.03. The molecule has 0 bridgehead atoms. The third-order valence-electron chi connectivity index (χ3n) is 2.70. The number of rotatable bonds is 5. The van der Waals surface area contributed by atoms with Crippen molar-refractivity contribution in [2.75, 3.05) is 0 Å². The van der Waals surface area contributed by atoms with E-state index in [0.717, 1.165) is 16.9 Å². The van der Waals surface area contributed by atoms with Crippen molar-refractivity contribution in [3.8, 4) is 5.75 Å². The van der Waals surface area contributed by atoms with Gasteiger partial charge in [-0.25, -0.2) is 9.78 Å². The second kappa shape index (κ2) is 5.88. The fourth-order valence-electron chi connectivity index (χ4n) is 1.87. The van der Waals surface area contributed by atoms with Crippen LogP contribution in [-0.4, -0.2) is 21.0 Å². The highest BCUT2D eigenvalue weighted by Gasteiger charge is 2.19. The lowest BCUT2D eigenvalue weighted by atomic mass is 10.1. The number of aromatic carboxylic acids is 1. The lowest BCUT2D eigenvalue weighted by Gasteiger charge is -2.09. The Morgan fingerprint density at radius 3 is 2.76 bits per heavy atom. The van der Waals surface area contributed by atoms with Crippen molar-refractivity contribution < 1.29 is 19.6 Å². The molecule has 7 nitrogen and oxygen atoms in total. The van der Waals surface area contributed by atoms with Gasteiger partial charge in [0.15, 0.2) is 5.75 Å². The minimum Gasteiger partial charge on any atom is -0.480 e. The van der Waals surface area contributed by atoms with Gasteiger partial charge in [-0.3, -0.25) is 10.1 Å². The van der Waals surface area contributed by atoms with E-state index in [0.29, 0.717) is 11.3 Å². The van der Waals surface area contributed by atoms with Crippen molar-refractivity contribution in [3.05, 3.63) is 49.5 Å². The van der Waals surface area contributed by atoms with Crippen molar-refractivity contribution in [1.29, 1.82) is 0 Å². The Balaban J connectivity index is 2.23. The standard InChI is InChI=1S/C13H12N2O5S/c1-7-3-8(2)11(10(4-7)15(18)19)20-5-9-6-21-12(14-9)13(16)17/h3-4,6H,5H2,1-2H3,(H,16,17). The highest BCUT2D eigenvalue weighted by atomic mass is 32.1. The van der Waals surface area contributed by atoms with Gasteiger partial charge in [-0.15, -0.1) is 11.3 Å². The van der Waals surface area contributed by atoms with Crippen molar-refractivity contribution >= 4 is 23.0 Å². The number of nitro benzene ring substituents is 1. The molecule has 2 rings (SSSR count). The molecular formula is C13H12N2O5S. The van der Waals surface area contributed by atoms with Crippen LogP contribution in [0.4, 0.5) is 5.69 Å². The molecule has 1 aromatic heterocycles. The SMILES string of the molecule is Cc1cc(C)c(OCc2csc(C(=O)O)n2)c([N+](=O)[O-])c1. The number of aromatic nitrogens is 1. The molecule has 0 radical (unpaired) electrons. The molecule has 0 amide bonds. The zero-order chi connectivity index (χ0) is 15.6. The maximum Gasteiger partial charge on any atom is 0.365 e. The highest BCUT2D eigenvalue weighted by Crippen LogP contribution is 2.32. The van der Waals surface area contributed by atoms with Crippen molar-refractivity contribution in [2.24, 2.45) is 0 Å². The van der Waals surface area contributed by atoms with E-state index in [4.69, 9.17) is 9.84 Å². The van der Waals surface area contributed by atoms with Gasteiger partial charge in [-0.05, 0) is 25.0 Å². The van der Waals surface area contributed by atoms with Crippen molar-refractivity contribution in [1.82, 2.24) is 4.98 Å². The number of hydrogen-bond donors (Lipinski definition) is 1. The summed E-state index contributed by atoms with van der Waals surface area (Å²) in [5.74, 6) is -0.931. The lowest BCUT2D eigenvalue weighted by molar-refractivity contribution is -0.386. The zero-order valence-electron chi connectivity index (χ0n) is 11.3. The molecule has 0 spiro atoms. The molecule has 110 valence electrons. The average molecular weight is 308 g/mol. The van der Waals surface area contributed by atoms with Crippen LogP contribution in [0.2, 0.25) is 0 Å². The summed E-state index contributed by atoms with van der Waals surface area (Å²) in [4.78, 5) is 25.2. The number of thiazole rings is 1. The third-order valence-corrected chi connectivity index (χ3v) is 3.57. The molecule has 8 heteroatoms. The molecule has 0 saturated carbocycles. The van der Waals surface area contributed by atoms with Gasteiger partial charge in [-0.1, -0.05) is 6.07 Å². The van der Waals surface area contributed by atoms with Gasteiger partial charge < -0.3 is 9.84 Å². The molecule has 0 saturated heterocycles. The van der Waals surface area contributed by atoms with E-state index in [1.807, 2.05) is 0 Å². The van der Waals surface area contributed by atoms with Crippen LogP contribution in [-0.2, 0) is 6.61 Å². The topological polar surface area (TPSA) is 103 Å². The van der Waals surface area contributed by atoms with E-state index in [1.165, 1.54) is 6.07 Å². The molecule has 0 fully saturated rings. The molecule has 0 aliphatic rings. The largest absolute Gasteiger partial charge is 0.480 e. The Bertz CT molecular complexity index is 711. The van der Waals surface area contributed by atoms with Crippen LogP contribution in [0.5, 0.6) is 5.75 Å². The smallest absolute Gasteiger partial charge is 0.365 e. The first-order valence-corrected chi connectivity index (χ1v) is 6.82. The van der Waals surface area contributed by atoms with Crippen LogP contribution in [0.15, 0.2) is 17.5 Å². The number of carboxylic acids is 1. The van der Waals surface area contributed by atoms with E-state index in [2.05, 4.69) is 4.98 Å². The van der Waals surface area contributed by atoms with E-state index in [1.54, 1.807) is 25.3 Å². The number of ether oxygens (including phenoxy) is 1. The molecule has 1 heterocycles. The summed E-state index contributed by atoms with van der Waals surface area (Å²) < 4.78 is 5.47. The maximum absolute atomic E-state index is 11.1. The van der Waals surface area contributed by atoms with Crippen LogP contribution in [0, 0.1) is 24.0 Å². The van der Waals surface area contributed by atoms with Gasteiger partial charge in [0, 0.05) is 11.4 Å². The molecule has 1 N–H and O–H groups in total. The third kappa shape index (κ3) is 3.34. The predicted molar refractivity (Wildman–Crippen MR) is 76.0 cm³/mol. The summed E-state index contributed by atoms with van der Waals surface area (Å²) in [7, 11) is 0. The van der Waals surface area contributed by atoms with Crippen LogP contribution >= 0.6 is 11.3 Å². The summed E-state index contributed by atoms with van der Waals surface area (Å²) in [6.45, 7) is 3.47. The number of nitrogens with zero attached hydrogens (tertiary/aromatic N) is 2. The van der Waals surface area contributed by atoms with Crippen LogP contribution < -0.4 is 4.74 Å². The number of carboxylic acid groups (broad SMARTS) is 1. The second-order valence-electron chi connectivity index (χ2n) is 4.43. The van der Waals surface area contributed by atoms with E-state index < -0.39 is 10.9 Å². The maximum atomic E-state index is 11.1.